The zero-order chi connectivity index (χ0) is 13.8. The number of hydrogen-bond acceptors (Lipinski definition) is 5. The number of aryl methyl sites for hydroxylation is 1. The van der Waals surface area contributed by atoms with E-state index in [0.29, 0.717) is 12.2 Å². The molecule has 100 valence electrons. The van der Waals surface area contributed by atoms with Gasteiger partial charge in [0, 0.05) is 22.8 Å². The predicted octanol–water partition coefficient (Wildman–Crippen LogP) is 3.36. The molecule has 1 aromatic heterocycles. The topological polar surface area (TPSA) is 68.1 Å². The third-order valence-electron chi connectivity index (χ3n) is 2.51. The molecule has 0 atom stereocenters. The number of anilines is 1. The van der Waals surface area contributed by atoms with Crippen molar-refractivity contribution in [2.24, 2.45) is 0 Å². The van der Waals surface area contributed by atoms with Gasteiger partial charge >= 0.3 is 5.69 Å². The van der Waals surface area contributed by atoms with Crippen molar-refractivity contribution in [3.05, 3.63) is 50.2 Å². The first-order valence-corrected chi connectivity index (χ1v) is 6.53. The largest absolute Gasteiger partial charge is 0.380 e. The molecule has 19 heavy (non-hydrogen) atoms. The maximum atomic E-state index is 13.2. The van der Waals surface area contributed by atoms with E-state index in [4.69, 9.17) is 0 Å². The standard InChI is InChI=1S/C12H12FN3O2S/c1-2-12-15-7-9(19-12)6-14-8-3-4-10(13)11(5-8)16(17)18/h3-5,7,14H,2,6H2,1H3. The summed E-state index contributed by atoms with van der Waals surface area (Å²) < 4.78 is 13.2. The highest BCUT2D eigenvalue weighted by atomic mass is 32.1. The lowest BCUT2D eigenvalue weighted by atomic mass is 10.2. The van der Waals surface area contributed by atoms with Crippen LogP contribution in [0.25, 0.3) is 0 Å². The van der Waals surface area contributed by atoms with Crippen LogP contribution in [0.15, 0.2) is 24.4 Å². The van der Waals surface area contributed by atoms with Crippen LogP contribution >= 0.6 is 11.3 Å². The van der Waals surface area contributed by atoms with Gasteiger partial charge in [-0.3, -0.25) is 10.1 Å². The van der Waals surface area contributed by atoms with Crippen molar-refractivity contribution in [3.8, 4) is 0 Å². The zero-order valence-corrected chi connectivity index (χ0v) is 11.0. The van der Waals surface area contributed by atoms with Crippen LogP contribution in [0.1, 0.15) is 16.8 Å². The maximum absolute atomic E-state index is 13.2. The van der Waals surface area contributed by atoms with E-state index in [1.54, 1.807) is 17.5 Å². The molecule has 0 saturated carbocycles. The normalized spacial score (nSPS) is 10.4. The lowest BCUT2D eigenvalue weighted by molar-refractivity contribution is -0.387. The molecule has 0 aliphatic heterocycles. The number of nitro benzene ring substituents is 1. The molecule has 1 N–H and O–H groups in total. The zero-order valence-electron chi connectivity index (χ0n) is 10.2. The summed E-state index contributed by atoms with van der Waals surface area (Å²) >= 11 is 1.58. The third-order valence-corrected chi connectivity index (χ3v) is 3.66. The van der Waals surface area contributed by atoms with Crippen LogP contribution in [-0.4, -0.2) is 9.91 Å². The lowest BCUT2D eigenvalue weighted by Gasteiger charge is -2.04. The van der Waals surface area contributed by atoms with Crippen LogP contribution in [-0.2, 0) is 13.0 Å². The fraction of sp³-hybridized carbons (Fsp3) is 0.250. The van der Waals surface area contributed by atoms with E-state index in [1.165, 1.54) is 12.1 Å². The second-order valence-electron chi connectivity index (χ2n) is 3.85. The SMILES string of the molecule is CCc1ncc(CNc2ccc(F)c([N+](=O)[O-])c2)s1. The van der Waals surface area contributed by atoms with Gasteiger partial charge in [0.25, 0.3) is 0 Å². The quantitative estimate of drug-likeness (QED) is 0.674. The molecule has 2 rings (SSSR count). The number of halogens is 1. The molecule has 7 heteroatoms. The number of aromatic nitrogens is 1. The number of nitro groups is 1. The first kappa shape index (κ1) is 13.4. The van der Waals surface area contributed by atoms with Gasteiger partial charge in [-0.25, -0.2) is 4.98 Å². The molecule has 5 nitrogen and oxygen atoms in total. The molecule has 1 aromatic carbocycles. The van der Waals surface area contributed by atoms with Crippen molar-refractivity contribution in [1.82, 2.24) is 4.98 Å². The Morgan fingerprint density at radius 2 is 2.32 bits per heavy atom. The van der Waals surface area contributed by atoms with Crippen LogP contribution in [0.2, 0.25) is 0 Å². The monoisotopic (exact) mass is 281 g/mol. The number of thiazole rings is 1. The molecule has 0 unspecified atom stereocenters. The van der Waals surface area contributed by atoms with E-state index in [9.17, 15) is 14.5 Å². The van der Waals surface area contributed by atoms with E-state index in [1.807, 2.05) is 6.92 Å². The minimum Gasteiger partial charge on any atom is -0.380 e. The fourth-order valence-corrected chi connectivity index (χ4v) is 2.35. The van der Waals surface area contributed by atoms with E-state index in [2.05, 4.69) is 10.3 Å². The Kier molecular flexibility index (Phi) is 4.06. The van der Waals surface area contributed by atoms with Crippen LogP contribution in [0.4, 0.5) is 15.8 Å². The Balaban J connectivity index is 2.07. The summed E-state index contributed by atoms with van der Waals surface area (Å²) in [6, 6.07) is 3.76. The third kappa shape index (κ3) is 3.25. The summed E-state index contributed by atoms with van der Waals surface area (Å²) in [7, 11) is 0. The van der Waals surface area contributed by atoms with Gasteiger partial charge in [-0.05, 0) is 18.6 Å². The molecule has 0 radical (unpaired) electrons. The maximum Gasteiger partial charge on any atom is 0.306 e. The van der Waals surface area contributed by atoms with Crippen molar-refractivity contribution in [3.63, 3.8) is 0 Å². The van der Waals surface area contributed by atoms with Gasteiger partial charge in [0.2, 0.25) is 5.82 Å². The van der Waals surface area contributed by atoms with Crippen molar-refractivity contribution < 1.29 is 9.31 Å². The first-order chi connectivity index (χ1) is 9.10. The number of rotatable bonds is 5. The molecule has 0 spiro atoms. The molecular weight excluding hydrogens is 269 g/mol. The van der Waals surface area contributed by atoms with E-state index >= 15 is 0 Å². The molecule has 0 aliphatic rings. The smallest absolute Gasteiger partial charge is 0.306 e. The summed E-state index contributed by atoms with van der Waals surface area (Å²) in [5.74, 6) is -0.832. The second kappa shape index (κ2) is 5.75. The number of nitrogens with zero attached hydrogens (tertiary/aromatic N) is 2. The Bertz CT molecular complexity index is 600. The van der Waals surface area contributed by atoms with Crippen LogP contribution < -0.4 is 5.32 Å². The first-order valence-electron chi connectivity index (χ1n) is 5.71. The minimum absolute atomic E-state index is 0.513. The van der Waals surface area contributed by atoms with Crippen LogP contribution in [0.3, 0.4) is 0 Å². The van der Waals surface area contributed by atoms with Gasteiger partial charge in [-0.15, -0.1) is 11.3 Å². The summed E-state index contributed by atoms with van der Waals surface area (Å²) in [4.78, 5) is 15.1. The summed E-state index contributed by atoms with van der Waals surface area (Å²) in [5, 5.41) is 14.7. The summed E-state index contributed by atoms with van der Waals surface area (Å²) in [6.45, 7) is 2.54. The minimum atomic E-state index is -0.832. The van der Waals surface area contributed by atoms with Gasteiger partial charge in [0.15, 0.2) is 0 Å². The van der Waals surface area contributed by atoms with Gasteiger partial charge in [-0.2, -0.15) is 4.39 Å². The lowest BCUT2D eigenvalue weighted by Crippen LogP contribution is -1.99. The van der Waals surface area contributed by atoms with Crippen molar-refractivity contribution in [2.45, 2.75) is 19.9 Å². The average Bonchev–Trinajstić information content (AvgIpc) is 2.85. The van der Waals surface area contributed by atoms with Crippen molar-refractivity contribution in [1.29, 1.82) is 0 Å². The molecule has 0 saturated heterocycles. The molecule has 0 amide bonds. The van der Waals surface area contributed by atoms with E-state index in [-0.39, 0.29) is 0 Å². The molecule has 2 aromatic rings. The Hall–Kier alpha value is -2.02. The van der Waals surface area contributed by atoms with Crippen molar-refractivity contribution in [2.75, 3.05) is 5.32 Å². The van der Waals surface area contributed by atoms with Gasteiger partial charge < -0.3 is 5.32 Å². The molecule has 0 bridgehead atoms. The average molecular weight is 281 g/mol. The Labute approximate surface area is 113 Å². The van der Waals surface area contributed by atoms with Gasteiger partial charge in [0.1, 0.15) is 0 Å². The summed E-state index contributed by atoms with van der Waals surface area (Å²) in [6.07, 6.45) is 2.65. The molecule has 0 aliphatic carbocycles. The van der Waals surface area contributed by atoms with Crippen molar-refractivity contribution >= 4 is 22.7 Å². The molecule has 1 heterocycles. The highest BCUT2D eigenvalue weighted by Gasteiger charge is 2.14. The predicted molar refractivity (Wildman–Crippen MR) is 71.9 cm³/mol. The number of benzene rings is 1. The van der Waals surface area contributed by atoms with Crippen LogP contribution in [0, 0.1) is 15.9 Å². The molecular formula is C12H12FN3O2S. The van der Waals surface area contributed by atoms with Crippen LogP contribution in [0.5, 0.6) is 0 Å². The number of hydrogen-bond donors (Lipinski definition) is 1. The fourth-order valence-electron chi connectivity index (χ4n) is 1.54. The highest BCUT2D eigenvalue weighted by Crippen LogP contribution is 2.22. The molecule has 0 fully saturated rings. The van der Waals surface area contributed by atoms with E-state index in [0.717, 1.165) is 22.4 Å². The van der Waals surface area contributed by atoms with E-state index < -0.39 is 16.4 Å². The van der Waals surface area contributed by atoms with Gasteiger partial charge in [0.05, 0.1) is 16.5 Å². The highest BCUT2D eigenvalue weighted by molar-refractivity contribution is 7.11. The Morgan fingerprint density at radius 1 is 1.53 bits per heavy atom. The Morgan fingerprint density at radius 3 is 2.95 bits per heavy atom. The second-order valence-corrected chi connectivity index (χ2v) is 5.05. The van der Waals surface area contributed by atoms with Gasteiger partial charge in [-0.1, -0.05) is 6.92 Å². The number of nitrogens with one attached hydrogen (secondary N) is 1. The summed E-state index contributed by atoms with van der Waals surface area (Å²) in [5.41, 5.74) is -0.0110.